The van der Waals surface area contributed by atoms with Crippen LogP contribution in [-0.4, -0.2) is 57.3 Å². The predicted molar refractivity (Wildman–Crippen MR) is 94.2 cm³/mol. The Bertz CT molecular complexity index is 108. The predicted octanol–water partition coefficient (Wildman–Crippen LogP) is 3.86. The van der Waals surface area contributed by atoms with Gasteiger partial charge in [0.1, 0.15) is 0 Å². The second-order valence-electron chi connectivity index (χ2n) is 3.24. The van der Waals surface area contributed by atoms with Gasteiger partial charge in [-0.2, -0.15) is 0 Å². The molecule has 0 aromatic carbocycles. The maximum atomic E-state index is 7.50. The molecule has 0 aliphatic carbocycles. The van der Waals surface area contributed by atoms with Gasteiger partial charge in [-0.1, -0.05) is 41.5 Å². The third kappa shape index (κ3) is 44.9. The first-order valence-corrected chi connectivity index (χ1v) is 10.5. The Balaban J connectivity index is -0.0000000381. The van der Waals surface area contributed by atoms with Gasteiger partial charge in [-0.15, -0.1) is 15.8 Å². The van der Waals surface area contributed by atoms with Crippen LogP contribution in [0.4, 0.5) is 0 Å². The minimum Gasteiger partial charge on any atom is -0.281 e. The van der Waals surface area contributed by atoms with Gasteiger partial charge in [-0.25, -0.2) is 0 Å². The van der Waals surface area contributed by atoms with Crippen LogP contribution in [0.3, 0.4) is 0 Å². The van der Waals surface area contributed by atoms with Gasteiger partial charge in [0.2, 0.25) is 0 Å². The third-order valence-corrected chi connectivity index (χ3v) is 8.05. The topological polar surface area (TPSA) is 51.2 Å². The van der Waals surface area contributed by atoms with Gasteiger partial charge in [0, 0.05) is 17.1 Å². The van der Waals surface area contributed by atoms with Crippen molar-refractivity contribution in [3.8, 4) is 0 Å². The smallest absolute Gasteiger partial charge is 0.281 e. The average Bonchev–Trinajstić information content (AvgIpc) is 2.57. The van der Waals surface area contributed by atoms with Gasteiger partial charge in [0.15, 0.2) is 0 Å². The fourth-order valence-corrected chi connectivity index (χ4v) is 4.02. The van der Waals surface area contributed by atoms with Crippen molar-refractivity contribution in [3.05, 3.63) is 0 Å². The summed E-state index contributed by atoms with van der Waals surface area (Å²) in [6.07, 6.45) is 8.51. The SMILES string of the molecule is CCP(CC)CC.CCP(CC)CC.[C]=O.[C]=O.[C]=O.[Fe]. The first kappa shape index (κ1) is 37.5. The number of carbonyl (C=O) groups excluding carboxylic acids is 3. The standard InChI is InChI=1S/2C6H15P.3CO.Fe/c2*1-4-7(5-2)6-3;3*1-2;/h2*4-6H2,1-3H3;;;;. The molecule has 0 aromatic rings. The molecule has 0 bridgehead atoms. The summed E-state index contributed by atoms with van der Waals surface area (Å²) in [6, 6.07) is 0. The Labute approximate surface area is 146 Å². The monoisotopic (exact) mass is 376 g/mol. The van der Waals surface area contributed by atoms with Crippen LogP contribution in [0.25, 0.3) is 0 Å². The fraction of sp³-hybridized carbons (Fsp3) is 0.800. The van der Waals surface area contributed by atoms with Crippen LogP contribution in [0.15, 0.2) is 0 Å². The molecule has 0 amide bonds. The summed E-state index contributed by atoms with van der Waals surface area (Å²) in [5.74, 6) is 0. The molecule has 0 unspecified atom stereocenters. The van der Waals surface area contributed by atoms with Crippen molar-refractivity contribution in [2.24, 2.45) is 0 Å². The summed E-state index contributed by atoms with van der Waals surface area (Å²) in [7, 11) is 0.892. The van der Waals surface area contributed by atoms with Gasteiger partial charge in [-0.3, -0.25) is 14.4 Å². The van der Waals surface area contributed by atoms with Crippen molar-refractivity contribution < 1.29 is 31.5 Å². The van der Waals surface area contributed by atoms with Crippen LogP contribution in [-0.2, 0) is 31.5 Å². The average molecular weight is 376 g/mol. The number of hydrogen-bond acceptors (Lipinski definition) is 3. The van der Waals surface area contributed by atoms with Crippen LogP contribution in [0.1, 0.15) is 41.5 Å². The van der Waals surface area contributed by atoms with Gasteiger partial charge < -0.3 is 0 Å². The molecule has 0 spiro atoms. The first-order valence-electron chi connectivity index (χ1n) is 6.75. The van der Waals surface area contributed by atoms with E-state index in [2.05, 4.69) is 61.9 Å². The minimum atomic E-state index is 0. The van der Waals surface area contributed by atoms with Crippen molar-refractivity contribution >= 4 is 36.2 Å². The number of rotatable bonds is 6. The van der Waals surface area contributed by atoms with Crippen molar-refractivity contribution in [2.45, 2.75) is 41.5 Å². The molecule has 0 atom stereocenters. The summed E-state index contributed by atoms with van der Waals surface area (Å²) in [6.45, 7) is 27.2. The summed E-state index contributed by atoms with van der Waals surface area (Å²) in [4.78, 5) is 22.5. The van der Waals surface area contributed by atoms with Crippen molar-refractivity contribution in [1.82, 2.24) is 0 Å². The zero-order valence-electron chi connectivity index (χ0n) is 14.2. The summed E-state index contributed by atoms with van der Waals surface area (Å²) >= 11 is 0. The third-order valence-electron chi connectivity index (χ3n) is 2.68. The molecule has 0 fully saturated rings. The van der Waals surface area contributed by atoms with Gasteiger partial charge >= 0.3 is 0 Å². The van der Waals surface area contributed by atoms with E-state index in [1.165, 1.54) is 37.0 Å². The Morgan fingerprint density at radius 1 is 0.476 bits per heavy atom. The molecule has 0 aromatic heterocycles. The van der Waals surface area contributed by atoms with E-state index in [9.17, 15) is 0 Å². The molecule has 0 saturated carbocycles. The molecule has 0 saturated heterocycles. The summed E-state index contributed by atoms with van der Waals surface area (Å²) < 4.78 is 0. The zero-order chi connectivity index (χ0) is 17.4. The van der Waals surface area contributed by atoms with Crippen LogP contribution in [0.5, 0.6) is 0 Å². The van der Waals surface area contributed by atoms with Crippen LogP contribution >= 0.6 is 15.8 Å². The zero-order valence-corrected chi connectivity index (χ0v) is 17.1. The molecule has 6 radical (unpaired) electrons. The summed E-state index contributed by atoms with van der Waals surface area (Å²) in [5, 5.41) is 0. The Hall–Kier alpha value is 0.389. The molecule has 0 N–H and O–H groups in total. The van der Waals surface area contributed by atoms with Crippen molar-refractivity contribution in [3.63, 3.8) is 0 Å². The minimum absolute atomic E-state index is 0. The Morgan fingerprint density at radius 2 is 0.571 bits per heavy atom. The Kier molecular flexibility index (Phi) is 89.3. The molecule has 3 nitrogen and oxygen atoms in total. The maximum absolute atomic E-state index is 7.50. The van der Waals surface area contributed by atoms with E-state index in [0.29, 0.717) is 15.8 Å². The molecule has 0 heterocycles. The normalized spacial score (nSPS) is 7.43. The second kappa shape index (κ2) is 49.9. The van der Waals surface area contributed by atoms with E-state index in [1.807, 2.05) is 0 Å². The summed E-state index contributed by atoms with van der Waals surface area (Å²) in [5.41, 5.74) is 0. The molecule has 0 rings (SSSR count). The largest absolute Gasteiger partial charge is 0.281 e. The molecule has 21 heavy (non-hydrogen) atoms. The van der Waals surface area contributed by atoms with Crippen LogP contribution < -0.4 is 0 Å². The van der Waals surface area contributed by atoms with Gasteiger partial charge in [0.05, 0.1) is 0 Å². The van der Waals surface area contributed by atoms with E-state index >= 15 is 0 Å². The van der Waals surface area contributed by atoms with Crippen LogP contribution in [0, 0.1) is 0 Å². The Morgan fingerprint density at radius 3 is 0.571 bits per heavy atom. The van der Waals surface area contributed by atoms with E-state index in [0.717, 1.165) is 0 Å². The van der Waals surface area contributed by atoms with Crippen LogP contribution in [0.2, 0.25) is 0 Å². The van der Waals surface area contributed by atoms with Gasteiger partial charge in [0.25, 0.3) is 20.4 Å². The second-order valence-corrected chi connectivity index (χ2v) is 9.72. The molecular formula is C15H30FeO3P2. The number of hydrogen-bond donors (Lipinski definition) is 0. The fourth-order valence-electron chi connectivity index (χ4n) is 1.34. The first-order chi connectivity index (χ1) is 9.69. The molecule has 126 valence electrons. The maximum Gasteiger partial charge on any atom is 0.281 e. The molecule has 6 heteroatoms. The van der Waals surface area contributed by atoms with Crippen molar-refractivity contribution in [2.75, 3.05) is 37.0 Å². The van der Waals surface area contributed by atoms with E-state index in [4.69, 9.17) is 14.4 Å². The van der Waals surface area contributed by atoms with E-state index < -0.39 is 0 Å². The van der Waals surface area contributed by atoms with Gasteiger partial charge in [-0.05, 0) is 37.0 Å². The quantitative estimate of drug-likeness (QED) is 0.523. The van der Waals surface area contributed by atoms with Crippen molar-refractivity contribution in [1.29, 1.82) is 0 Å². The van der Waals surface area contributed by atoms with E-state index in [1.54, 1.807) is 0 Å². The molecular weight excluding hydrogens is 346 g/mol. The molecule has 0 aliphatic rings. The molecule has 0 aliphatic heterocycles. The van der Waals surface area contributed by atoms with E-state index in [-0.39, 0.29) is 17.1 Å².